The van der Waals surface area contributed by atoms with E-state index in [9.17, 15) is 39.0 Å². The maximum absolute atomic E-state index is 13.4. The van der Waals surface area contributed by atoms with Crippen LogP contribution in [-0.4, -0.2) is 70.1 Å². The maximum atomic E-state index is 13.4. The Morgan fingerprint density at radius 3 is 1.41 bits per heavy atom. The Balaban J connectivity index is 1.29. The summed E-state index contributed by atoms with van der Waals surface area (Å²) in [7, 11) is 0. The molecular formula is C28H26O11. The second-order valence-corrected chi connectivity index (χ2v) is 11.3. The summed E-state index contributed by atoms with van der Waals surface area (Å²) in [6, 6.07) is 0. The smallest absolute Gasteiger partial charge is 0.318 e. The quantitative estimate of drug-likeness (QED) is 0.296. The lowest BCUT2D eigenvalue weighted by Crippen LogP contribution is -2.64. The second kappa shape index (κ2) is 8.40. The summed E-state index contributed by atoms with van der Waals surface area (Å²) >= 11 is 0. The number of rotatable bonds is 4. The molecule has 11 nitrogen and oxygen atoms in total. The van der Waals surface area contributed by atoms with Crippen molar-refractivity contribution in [3.63, 3.8) is 0 Å². The van der Waals surface area contributed by atoms with E-state index in [0.29, 0.717) is 11.1 Å². The van der Waals surface area contributed by atoms with E-state index >= 15 is 0 Å². The van der Waals surface area contributed by atoms with Crippen LogP contribution >= 0.6 is 0 Å². The van der Waals surface area contributed by atoms with Gasteiger partial charge in [-0.3, -0.25) is 28.8 Å². The zero-order valence-electron chi connectivity index (χ0n) is 20.7. The first kappa shape index (κ1) is 25.6. The molecular weight excluding hydrogens is 512 g/mol. The molecule has 2 aliphatic heterocycles. The first-order chi connectivity index (χ1) is 18.4. The number of aliphatic carboxylic acids is 2. The highest BCUT2D eigenvalue weighted by atomic mass is 16.6. The molecule has 204 valence electrons. The van der Waals surface area contributed by atoms with Crippen LogP contribution in [0.1, 0.15) is 12.8 Å². The molecule has 4 fully saturated rings. The summed E-state index contributed by atoms with van der Waals surface area (Å²) in [4.78, 5) is 78.4. The molecule has 0 aromatic rings. The molecule has 39 heavy (non-hydrogen) atoms. The standard InChI is InChI=1S/C28H26O11/c1-11-7-27(37-9-11)15-5-3-13(21(27)29)17(19(15)23(31)32)25(35)39-26(36)18-14-4-6-16(20(18)24(33)34)28(22(14)30)8-12(2)10-38-28/h3-6,13-20H,1-2,7-10H2,(H,31,32)(H,33,34). The highest BCUT2D eigenvalue weighted by Gasteiger charge is 2.68. The number of allylic oxidation sites excluding steroid dienone is 2. The van der Waals surface area contributed by atoms with Crippen molar-refractivity contribution in [1.29, 1.82) is 0 Å². The van der Waals surface area contributed by atoms with Gasteiger partial charge in [-0.15, -0.1) is 0 Å². The van der Waals surface area contributed by atoms with E-state index in [1.165, 1.54) is 12.2 Å². The van der Waals surface area contributed by atoms with Crippen molar-refractivity contribution in [2.45, 2.75) is 24.0 Å². The molecule has 11 heteroatoms. The fourth-order valence-corrected chi connectivity index (χ4v) is 7.73. The van der Waals surface area contributed by atoms with Crippen LogP contribution in [-0.2, 0) is 43.0 Å². The average Bonchev–Trinajstić information content (AvgIpc) is 3.47. The summed E-state index contributed by atoms with van der Waals surface area (Å²) < 4.78 is 16.6. The Labute approximate surface area is 222 Å². The summed E-state index contributed by atoms with van der Waals surface area (Å²) in [6.07, 6.45) is 6.21. The van der Waals surface area contributed by atoms with Crippen LogP contribution in [0.25, 0.3) is 0 Å². The number of ketones is 2. The normalized spacial score (nSPS) is 43.6. The fourth-order valence-electron chi connectivity index (χ4n) is 7.73. The number of carbonyl (C=O) groups excluding carboxylic acids is 4. The predicted octanol–water partition coefficient (Wildman–Crippen LogP) is 0.891. The van der Waals surface area contributed by atoms with E-state index in [-0.39, 0.29) is 26.1 Å². The monoisotopic (exact) mass is 538 g/mol. The largest absolute Gasteiger partial charge is 0.481 e. The molecule has 4 bridgehead atoms. The summed E-state index contributed by atoms with van der Waals surface area (Å²) in [6.45, 7) is 7.84. The predicted molar refractivity (Wildman–Crippen MR) is 127 cm³/mol. The highest BCUT2D eigenvalue weighted by Crippen LogP contribution is 2.56. The van der Waals surface area contributed by atoms with Gasteiger partial charge in [-0.05, 0) is 11.1 Å². The zero-order valence-corrected chi connectivity index (χ0v) is 20.7. The number of hydrogen-bond acceptors (Lipinski definition) is 9. The lowest BCUT2D eigenvalue weighted by atomic mass is 9.54. The lowest BCUT2D eigenvalue weighted by molar-refractivity contribution is -0.192. The van der Waals surface area contributed by atoms with Crippen molar-refractivity contribution in [3.8, 4) is 0 Å². The van der Waals surface area contributed by atoms with E-state index < -0.39 is 94.0 Å². The SMILES string of the molecule is C=C1COC2(C1)C(=O)C1C=CC2C(C(=O)O)C1C(=O)OC(=O)C1C2C=CC(C1C(=O)O)C1(CC(=C)CO1)C2=O. The Morgan fingerprint density at radius 1 is 0.718 bits per heavy atom. The van der Waals surface area contributed by atoms with E-state index in [1.54, 1.807) is 12.2 Å². The van der Waals surface area contributed by atoms with Gasteiger partial charge in [0.1, 0.15) is 11.2 Å². The van der Waals surface area contributed by atoms with Crippen LogP contribution in [0.5, 0.6) is 0 Å². The molecule has 10 atom stereocenters. The Bertz CT molecular complexity index is 1240. The number of hydrogen-bond donors (Lipinski definition) is 2. The number of Topliss-reactive ketones (excluding diaryl/α,β-unsaturated/α-hetero) is 2. The van der Waals surface area contributed by atoms with Crippen molar-refractivity contribution in [1.82, 2.24) is 0 Å². The van der Waals surface area contributed by atoms with Crippen molar-refractivity contribution >= 4 is 35.4 Å². The topological polar surface area (TPSA) is 171 Å². The number of fused-ring (bicyclic) bond motifs is 2. The number of esters is 2. The van der Waals surface area contributed by atoms with E-state index in [4.69, 9.17) is 14.2 Å². The fraction of sp³-hybridized carbons (Fsp3) is 0.500. The van der Waals surface area contributed by atoms with Crippen LogP contribution in [0.15, 0.2) is 48.6 Å². The Kier molecular flexibility index (Phi) is 5.51. The molecule has 2 saturated heterocycles. The lowest BCUT2D eigenvalue weighted by Gasteiger charge is -2.50. The van der Waals surface area contributed by atoms with Gasteiger partial charge in [-0.2, -0.15) is 0 Å². The summed E-state index contributed by atoms with van der Waals surface area (Å²) in [5.41, 5.74) is -1.65. The molecule has 10 unspecified atom stereocenters. The first-order valence-electron chi connectivity index (χ1n) is 12.7. The number of carbonyl (C=O) groups is 6. The van der Waals surface area contributed by atoms with E-state index in [2.05, 4.69) is 13.2 Å². The molecule has 0 radical (unpaired) electrons. The zero-order chi connectivity index (χ0) is 28.0. The van der Waals surface area contributed by atoms with Gasteiger partial charge in [-0.25, -0.2) is 0 Å². The molecule has 2 spiro atoms. The number of carboxylic acid groups (broad SMARTS) is 2. The average molecular weight is 539 g/mol. The first-order valence-corrected chi connectivity index (χ1v) is 12.7. The van der Waals surface area contributed by atoms with Crippen LogP contribution in [0, 0.1) is 47.3 Å². The third kappa shape index (κ3) is 3.29. The molecule has 8 rings (SSSR count). The van der Waals surface area contributed by atoms with Crippen molar-refractivity contribution in [3.05, 3.63) is 48.6 Å². The number of ether oxygens (including phenoxy) is 3. The molecule has 2 heterocycles. The van der Waals surface area contributed by atoms with E-state index in [1.807, 2.05) is 0 Å². The van der Waals surface area contributed by atoms with Crippen molar-refractivity contribution < 1.29 is 53.2 Å². The van der Waals surface area contributed by atoms with Gasteiger partial charge >= 0.3 is 23.9 Å². The molecule has 0 aromatic heterocycles. The second-order valence-electron chi connectivity index (χ2n) is 11.3. The van der Waals surface area contributed by atoms with Gasteiger partial charge in [0.2, 0.25) is 0 Å². The van der Waals surface area contributed by atoms with Crippen LogP contribution in [0.3, 0.4) is 0 Å². The summed E-state index contributed by atoms with van der Waals surface area (Å²) in [5, 5.41) is 20.1. The molecule has 0 aromatic carbocycles. The minimum atomic E-state index is -1.53. The highest BCUT2D eigenvalue weighted by molar-refractivity contribution is 6.05. The Morgan fingerprint density at radius 2 is 1.10 bits per heavy atom. The summed E-state index contributed by atoms with van der Waals surface area (Å²) in [5.74, 6) is -16.5. The Hall–Kier alpha value is -3.70. The van der Waals surface area contributed by atoms with Crippen LogP contribution in [0.2, 0.25) is 0 Å². The number of carboxylic acids is 2. The van der Waals surface area contributed by atoms with Crippen molar-refractivity contribution in [2.24, 2.45) is 47.3 Å². The van der Waals surface area contributed by atoms with Crippen LogP contribution < -0.4 is 0 Å². The molecule has 8 aliphatic rings. The minimum Gasteiger partial charge on any atom is -0.481 e. The molecule has 2 saturated carbocycles. The molecule has 2 N–H and O–H groups in total. The van der Waals surface area contributed by atoms with Gasteiger partial charge in [0.05, 0.1) is 48.7 Å². The maximum Gasteiger partial charge on any atom is 0.318 e. The van der Waals surface area contributed by atoms with Crippen molar-refractivity contribution in [2.75, 3.05) is 13.2 Å². The van der Waals surface area contributed by atoms with Gasteiger partial charge in [0, 0.05) is 24.7 Å². The van der Waals surface area contributed by atoms with Gasteiger partial charge in [-0.1, -0.05) is 37.5 Å². The van der Waals surface area contributed by atoms with E-state index in [0.717, 1.165) is 0 Å². The van der Waals surface area contributed by atoms with Gasteiger partial charge < -0.3 is 24.4 Å². The van der Waals surface area contributed by atoms with Crippen LogP contribution in [0.4, 0.5) is 0 Å². The third-order valence-electron chi connectivity index (χ3n) is 9.30. The molecule has 6 aliphatic carbocycles. The van der Waals surface area contributed by atoms with Gasteiger partial charge in [0.15, 0.2) is 11.6 Å². The molecule has 0 amide bonds. The van der Waals surface area contributed by atoms with Gasteiger partial charge in [0.25, 0.3) is 0 Å². The third-order valence-corrected chi connectivity index (χ3v) is 9.30. The minimum absolute atomic E-state index is 0.0870.